The smallest absolute Gasteiger partial charge is 0.150 e. The number of nitrogens with one attached hydrogen (secondary N) is 1. The summed E-state index contributed by atoms with van der Waals surface area (Å²) in [6.07, 6.45) is 0.889. The third kappa shape index (κ3) is 3.89. The van der Waals surface area contributed by atoms with Crippen LogP contribution < -0.4 is 15.8 Å². The summed E-state index contributed by atoms with van der Waals surface area (Å²) >= 11 is 0. The third-order valence-electron chi connectivity index (χ3n) is 7.33. The van der Waals surface area contributed by atoms with Gasteiger partial charge in [-0.15, -0.1) is 5.73 Å². The van der Waals surface area contributed by atoms with Crippen LogP contribution in [0.2, 0.25) is 0 Å². The van der Waals surface area contributed by atoms with Crippen LogP contribution in [0.1, 0.15) is 38.2 Å². The molecule has 5 aromatic carbocycles. The fourth-order valence-corrected chi connectivity index (χ4v) is 5.35. The van der Waals surface area contributed by atoms with E-state index in [4.69, 9.17) is 0 Å². The minimum absolute atomic E-state index is 0.627. The van der Waals surface area contributed by atoms with Crippen LogP contribution in [-0.2, 0) is 0 Å². The van der Waals surface area contributed by atoms with Gasteiger partial charge in [-0.05, 0) is 76.0 Å². The minimum atomic E-state index is 0.627. The number of carbonyl (C=O) groups is 1. The molecule has 0 unspecified atom stereocenters. The van der Waals surface area contributed by atoms with E-state index in [0.29, 0.717) is 5.56 Å². The molecule has 0 atom stereocenters. The van der Waals surface area contributed by atoms with Crippen LogP contribution in [0.4, 0.5) is 11.4 Å². The Balaban J connectivity index is 1.74. The highest BCUT2D eigenvalue weighted by molar-refractivity contribution is 6.03. The molecule has 180 valence electrons. The molecule has 0 aliphatic heterocycles. The molecular formula is C35H29NO. The molecule has 0 saturated heterocycles. The second-order valence-electron chi connectivity index (χ2n) is 9.49. The van der Waals surface area contributed by atoms with Gasteiger partial charge in [0.1, 0.15) is 0 Å². The van der Waals surface area contributed by atoms with Crippen LogP contribution >= 0.6 is 0 Å². The van der Waals surface area contributed by atoms with E-state index in [1.54, 1.807) is 0 Å². The highest BCUT2D eigenvalue weighted by atomic mass is 16.1. The topological polar surface area (TPSA) is 29.1 Å². The zero-order chi connectivity index (χ0) is 26.3. The van der Waals surface area contributed by atoms with E-state index in [1.165, 1.54) is 0 Å². The Bertz CT molecular complexity index is 1890. The van der Waals surface area contributed by atoms with Gasteiger partial charge in [-0.25, -0.2) is 0 Å². The lowest BCUT2D eigenvalue weighted by Gasteiger charge is -2.22. The van der Waals surface area contributed by atoms with E-state index in [-0.39, 0.29) is 0 Å². The average molecular weight is 480 g/mol. The monoisotopic (exact) mass is 479 g/mol. The first-order chi connectivity index (χ1) is 17.9. The average Bonchev–Trinajstić information content (AvgIpc) is 2.92. The zero-order valence-corrected chi connectivity index (χ0v) is 21.5. The fraction of sp³-hybridized carbons (Fsp3) is 0.0857. The van der Waals surface area contributed by atoms with Gasteiger partial charge in [-0.3, -0.25) is 4.79 Å². The Morgan fingerprint density at radius 2 is 1.51 bits per heavy atom. The summed E-state index contributed by atoms with van der Waals surface area (Å²) in [5.74, 6) is 0. The largest absolute Gasteiger partial charge is 0.355 e. The lowest BCUT2D eigenvalue weighted by atomic mass is 9.89. The van der Waals surface area contributed by atoms with Gasteiger partial charge >= 0.3 is 0 Å². The van der Waals surface area contributed by atoms with E-state index in [9.17, 15) is 4.79 Å². The van der Waals surface area contributed by atoms with Gasteiger partial charge in [-0.1, -0.05) is 86.5 Å². The van der Waals surface area contributed by atoms with Crippen LogP contribution in [0.25, 0.3) is 39.4 Å². The fourth-order valence-electron chi connectivity index (χ4n) is 5.35. The molecule has 5 aromatic rings. The first-order valence-corrected chi connectivity index (χ1v) is 12.3. The van der Waals surface area contributed by atoms with E-state index >= 15 is 0 Å². The van der Waals surface area contributed by atoms with Crippen LogP contribution in [0, 0.1) is 20.8 Å². The number of hydrogen-bond acceptors (Lipinski definition) is 2. The Kier molecular flexibility index (Phi) is 6.13. The number of rotatable bonds is 5. The quantitative estimate of drug-likeness (QED) is 0.209. The number of carbonyl (C=O) groups excluding carboxylic acids is 1. The number of aldehydes is 1. The molecule has 0 saturated carbocycles. The molecular weight excluding hydrogens is 450 g/mol. The maximum Gasteiger partial charge on any atom is 0.150 e. The van der Waals surface area contributed by atoms with Gasteiger partial charge in [0.15, 0.2) is 6.29 Å². The molecule has 0 amide bonds. The third-order valence-corrected chi connectivity index (χ3v) is 7.33. The predicted octanol–water partition coefficient (Wildman–Crippen LogP) is 7.51. The second kappa shape index (κ2) is 9.43. The summed E-state index contributed by atoms with van der Waals surface area (Å²) in [7, 11) is 0. The molecule has 2 nitrogen and oxygen atoms in total. The van der Waals surface area contributed by atoms with E-state index in [0.717, 1.165) is 83.0 Å². The Morgan fingerprint density at radius 3 is 2.24 bits per heavy atom. The van der Waals surface area contributed by atoms with Gasteiger partial charge in [0.25, 0.3) is 0 Å². The van der Waals surface area contributed by atoms with Crippen molar-refractivity contribution in [2.24, 2.45) is 0 Å². The second-order valence-corrected chi connectivity index (χ2v) is 9.49. The van der Waals surface area contributed by atoms with E-state index in [1.807, 2.05) is 36.4 Å². The Labute approximate surface area is 217 Å². The zero-order valence-electron chi connectivity index (χ0n) is 21.5. The summed E-state index contributed by atoms with van der Waals surface area (Å²) in [5, 5.41) is 10.1. The summed E-state index contributed by atoms with van der Waals surface area (Å²) in [6, 6.07) is 24.3. The van der Waals surface area contributed by atoms with Crippen LogP contribution in [-0.4, -0.2) is 6.29 Å². The van der Waals surface area contributed by atoms with Gasteiger partial charge in [-0.2, -0.15) is 0 Å². The van der Waals surface area contributed by atoms with Crippen molar-refractivity contribution < 1.29 is 4.79 Å². The number of aryl methyl sites for hydroxylation is 3. The standard InChI is InChI=1S/C35H29NO/c1-7-27-31-15-11-10-14-29(31)23(4)30-18-19-32(25(6)34(27)30)36-35-22(3)17-16-21(2)33(35)24(5)28-13-9-8-12-26(28)20-37/h8-20,36H,1,4-5H2,2-3,6H3. The van der Waals surface area contributed by atoms with E-state index < -0.39 is 0 Å². The van der Waals surface area contributed by atoms with Gasteiger partial charge in [0.05, 0.1) is 0 Å². The molecule has 0 heterocycles. The molecule has 5 rings (SSSR count). The molecule has 37 heavy (non-hydrogen) atoms. The van der Waals surface area contributed by atoms with Gasteiger partial charge in [0, 0.05) is 33.1 Å². The summed E-state index contributed by atoms with van der Waals surface area (Å²) in [6.45, 7) is 19.2. The molecule has 0 aromatic heterocycles. The highest BCUT2D eigenvalue weighted by Gasteiger charge is 2.17. The van der Waals surface area contributed by atoms with Gasteiger partial charge < -0.3 is 5.32 Å². The molecule has 0 radical (unpaired) electrons. The molecule has 2 heteroatoms. The SMILES string of the molecule is C=C=c1c2ccccc2c(=C)c2ccc(Nc3c(C)ccc(C)c3C(=C)c3ccccc3C=O)c(C)c12. The van der Waals surface area contributed by atoms with Crippen molar-refractivity contribution in [2.45, 2.75) is 20.8 Å². The maximum atomic E-state index is 11.8. The van der Waals surface area contributed by atoms with Crippen molar-refractivity contribution in [3.8, 4) is 0 Å². The van der Waals surface area contributed by atoms with E-state index in [2.05, 4.69) is 88.0 Å². The molecule has 0 fully saturated rings. The number of fused-ring (bicyclic) bond motifs is 2. The van der Waals surface area contributed by atoms with Gasteiger partial charge in [0.2, 0.25) is 0 Å². The van der Waals surface area contributed by atoms with Crippen molar-refractivity contribution in [3.63, 3.8) is 0 Å². The summed E-state index contributed by atoms with van der Waals surface area (Å²) in [5.41, 5.74) is 11.7. The Hall–Kier alpha value is -4.65. The molecule has 0 bridgehead atoms. The van der Waals surface area contributed by atoms with Crippen LogP contribution in [0.15, 0.2) is 86.0 Å². The minimum Gasteiger partial charge on any atom is -0.355 e. The number of anilines is 2. The first-order valence-electron chi connectivity index (χ1n) is 12.3. The van der Waals surface area contributed by atoms with Crippen LogP contribution in [0.3, 0.4) is 0 Å². The number of benzene rings is 5. The Morgan fingerprint density at radius 1 is 0.838 bits per heavy atom. The number of hydrogen-bond donors (Lipinski definition) is 1. The molecule has 0 spiro atoms. The van der Waals surface area contributed by atoms with Crippen LogP contribution in [0.5, 0.6) is 0 Å². The van der Waals surface area contributed by atoms with Crippen molar-refractivity contribution in [1.29, 1.82) is 0 Å². The first kappa shape index (κ1) is 24.1. The highest BCUT2D eigenvalue weighted by Crippen LogP contribution is 2.37. The van der Waals surface area contributed by atoms with Crippen molar-refractivity contribution in [1.82, 2.24) is 0 Å². The lowest BCUT2D eigenvalue weighted by molar-refractivity contribution is 0.112. The van der Waals surface area contributed by atoms with Crippen molar-refractivity contribution >= 4 is 57.1 Å². The van der Waals surface area contributed by atoms with Crippen molar-refractivity contribution in [3.05, 3.63) is 130 Å². The summed E-state index contributed by atoms with van der Waals surface area (Å²) < 4.78 is 0. The van der Waals surface area contributed by atoms with Crippen molar-refractivity contribution in [2.75, 3.05) is 5.32 Å². The molecule has 1 N–H and O–H groups in total. The molecule has 0 aliphatic carbocycles. The molecule has 0 aliphatic rings. The maximum absolute atomic E-state index is 11.8. The normalized spacial score (nSPS) is 10.9. The predicted molar refractivity (Wildman–Crippen MR) is 159 cm³/mol. The lowest BCUT2D eigenvalue weighted by Crippen LogP contribution is -2.14. The summed E-state index contributed by atoms with van der Waals surface area (Å²) in [4.78, 5) is 11.8.